The fourth-order valence-electron chi connectivity index (χ4n) is 3.18. The average Bonchev–Trinajstić information content (AvgIpc) is 2.80. The number of hydrogen-bond donors (Lipinski definition) is 2. The second-order valence-electron chi connectivity index (χ2n) is 6.45. The summed E-state index contributed by atoms with van der Waals surface area (Å²) in [7, 11) is 0. The van der Waals surface area contributed by atoms with Gasteiger partial charge in [-0.25, -0.2) is 8.78 Å². The maximum atomic E-state index is 13.4. The number of halogens is 2. The molecule has 0 saturated carbocycles. The van der Waals surface area contributed by atoms with Crippen LogP contribution in [0.25, 0.3) is 0 Å². The van der Waals surface area contributed by atoms with Gasteiger partial charge in [-0.3, -0.25) is 9.80 Å². The lowest BCUT2D eigenvalue weighted by Crippen LogP contribution is -2.30. The number of rotatable bonds is 4. The molecule has 1 saturated heterocycles. The summed E-state index contributed by atoms with van der Waals surface area (Å²) in [6.07, 6.45) is 0.909. The summed E-state index contributed by atoms with van der Waals surface area (Å²) >= 11 is 0. The van der Waals surface area contributed by atoms with Crippen LogP contribution in [0.3, 0.4) is 0 Å². The summed E-state index contributed by atoms with van der Waals surface area (Å²) < 4.78 is 26.7. The van der Waals surface area contributed by atoms with Crippen molar-refractivity contribution in [1.82, 2.24) is 9.80 Å². The fraction of sp³-hybridized carbons (Fsp3) is 0.368. The first-order chi connectivity index (χ1) is 12.0. The van der Waals surface area contributed by atoms with Gasteiger partial charge in [0, 0.05) is 37.3 Å². The van der Waals surface area contributed by atoms with E-state index >= 15 is 0 Å². The third-order valence-corrected chi connectivity index (χ3v) is 4.55. The Hall–Kier alpha value is -2.18. The molecule has 2 aromatic rings. The van der Waals surface area contributed by atoms with Crippen LogP contribution in [0.4, 0.5) is 8.78 Å². The van der Waals surface area contributed by atoms with Gasteiger partial charge in [-0.15, -0.1) is 0 Å². The van der Waals surface area contributed by atoms with Crippen LogP contribution in [0.15, 0.2) is 36.4 Å². The molecule has 25 heavy (non-hydrogen) atoms. The van der Waals surface area contributed by atoms with Crippen molar-refractivity contribution in [2.75, 3.05) is 26.2 Å². The SMILES string of the molecule is Oc1ccc(F)cc1CN1CCCN(Cc2cc(F)ccc2O)CC1. The van der Waals surface area contributed by atoms with Gasteiger partial charge in [-0.05, 0) is 55.9 Å². The van der Waals surface area contributed by atoms with Crippen molar-refractivity contribution < 1.29 is 19.0 Å². The Morgan fingerprint density at radius 2 is 1.16 bits per heavy atom. The third kappa shape index (κ3) is 4.67. The Balaban J connectivity index is 1.60. The predicted octanol–water partition coefficient (Wildman–Crippen LogP) is 3.08. The van der Waals surface area contributed by atoms with Crippen LogP contribution in [0, 0.1) is 11.6 Å². The fourth-order valence-corrected chi connectivity index (χ4v) is 3.18. The molecule has 1 heterocycles. The second-order valence-corrected chi connectivity index (χ2v) is 6.45. The van der Waals surface area contributed by atoms with Gasteiger partial charge < -0.3 is 10.2 Å². The van der Waals surface area contributed by atoms with Crippen LogP contribution < -0.4 is 0 Å². The topological polar surface area (TPSA) is 46.9 Å². The van der Waals surface area contributed by atoms with E-state index in [1.807, 2.05) is 0 Å². The summed E-state index contributed by atoms with van der Waals surface area (Å²) in [5, 5.41) is 19.7. The number of benzene rings is 2. The molecule has 0 bridgehead atoms. The van der Waals surface area contributed by atoms with E-state index < -0.39 is 0 Å². The molecule has 134 valence electrons. The molecule has 0 unspecified atom stereocenters. The molecule has 2 aromatic carbocycles. The predicted molar refractivity (Wildman–Crippen MR) is 91.3 cm³/mol. The monoisotopic (exact) mass is 348 g/mol. The first kappa shape index (κ1) is 17.6. The largest absolute Gasteiger partial charge is 0.508 e. The summed E-state index contributed by atoms with van der Waals surface area (Å²) in [6.45, 7) is 4.16. The minimum absolute atomic E-state index is 0.104. The van der Waals surface area contributed by atoms with E-state index in [1.165, 1.54) is 36.4 Å². The van der Waals surface area contributed by atoms with Crippen molar-refractivity contribution in [2.24, 2.45) is 0 Å². The number of phenolic OH excluding ortho intramolecular Hbond substituents is 2. The lowest BCUT2D eigenvalue weighted by Gasteiger charge is -2.22. The first-order valence-corrected chi connectivity index (χ1v) is 8.41. The molecule has 2 N–H and O–H groups in total. The minimum Gasteiger partial charge on any atom is -0.508 e. The van der Waals surface area contributed by atoms with Gasteiger partial charge in [0.15, 0.2) is 0 Å². The van der Waals surface area contributed by atoms with Crippen molar-refractivity contribution in [2.45, 2.75) is 19.5 Å². The standard InChI is InChI=1S/C19H22F2N2O2/c20-16-2-4-18(24)14(10-16)12-22-6-1-7-23(9-8-22)13-15-11-17(21)3-5-19(15)25/h2-5,10-11,24-25H,1,6-9,12-13H2. The average molecular weight is 348 g/mol. The highest BCUT2D eigenvalue weighted by atomic mass is 19.1. The Labute approximate surface area is 145 Å². The van der Waals surface area contributed by atoms with Gasteiger partial charge in [0.1, 0.15) is 23.1 Å². The van der Waals surface area contributed by atoms with Crippen LogP contribution >= 0.6 is 0 Å². The normalized spacial score (nSPS) is 16.7. The van der Waals surface area contributed by atoms with Crippen LogP contribution in [-0.2, 0) is 13.1 Å². The van der Waals surface area contributed by atoms with E-state index in [4.69, 9.17) is 0 Å². The molecule has 0 amide bonds. The van der Waals surface area contributed by atoms with E-state index in [0.29, 0.717) is 24.2 Å². The van der Waals surface area contributed by atoms with Gasteiger partial charge >= 0.3 is 0 Å². The lowest BCUT2D eigenvalue weighted by atomic mass is 10.1. The van der Waals surface area contributed by atoms with E-state index in [2.05, 4.69) is 9.80 Å². The molecule has 1 aliphatic heterocycles. The van der Waals surface area contributed by atoms with Gasteiger partial charge in [-0.1, -0.05) is 0 Å². The molecular weight excluding hydrogens is 326 g/mol. The Morgan fingerprint density at radius 1 is 0.720 bits per heavy atom. The van der Waals surface area contributed by atoms with Gasteiger partial charge in [0.05, 0.1) is 0 Å². The van der Waals surface area contributed by atoms with E-state index in [1.54, 1.807) is 0 Å². The molecule has 0 spiro atoms. The number of phenols is 2. The molecule has 1 aliphatic rings. The smallest absolute Gasteiger partial charge is 0.123 e. The molecular formula is C19H22F2N2O2. The minimum atomic E-state index is -0.356. The molecule has 0 atom stereocenters. The van der Waals surface area contributed by atoms with Crippen LogP contribution in [0.5, 0.6) is 11.5 Å². The number of nitrogens with zero attached hydrogens (tertiary/aromatic N) is 2. The van der Waals surface area contributed by atoms with E-state index in [9.17, 15) is 19.0 Å². The highest BCUT2D eigenvalue weighted by molar-refractivity contribution is 5.33. The molecule has 0 aliphatic carbocycles. The van der Waals surface area contributed by atoms with E-state index in [0.717, 1.165) is 32.6 Å². The van der Waals surface area contributed by atoms with Crippen LogP contribution in [0.1, 0.15) is 17.5 Å². The lowest BCUT2D eigenvalue weighted by molar-refractivity contribution is 0.243. The van der Waals surface area contributed by atoms with Gasteiger partial charge in [-0.2, -0.15) is 0 Å². The van der Waals surface area contributed by atoms with Crippen LogP contribution in [0.2, 0.25) is 0 Å². The zero-order chi connectivity index (χ0) is 17.8. The zero-order valence-electron chi connectivity index (χ0n) is 14.0. The highest BCUT2D eigenvalue weighted by Gasteiger charge is 2.17. The Bertz CT molecular complexity index is 678. The summed E-state index contributed by atoms with van der Waals surface area (Å²) in [6, 6.07) is 7.97. The third-order valence-electron chi connectivity index (χ3n) is 4.55. The summed E-state index contributed by atoms with van der Waals surface area (Å²) in [5.41, 5.74) is 1.16. The second kappa shape index (κ2) is 7.80. The Morgan fingerprint density at radius 3 is 1.60 bits per heavy atom. The number of aromatic hydroxyl groups is 2. The quantitative estimate of drug-likeness (QED) is 0.891. The van der Waals surface area contributed by atoms with Crippen molar-refractivity contribution in [3.8, 4) is 11.5 Å². The van der Waals surface area contributed by atoms with Crippen molar-refractivity contribution in [3.05, 3.63) is 59.2 Å². The highest BCUT2D eigenvalue weighted by Crippen LogP contribution is 2.22. The summed E-state index contributed by atoms with van der Waals surface area (Å²) in [5.74, 6) is -0.504. The summed E-state index contributed by atoms with van der Waals surface area (Å²) in [4.78, 5) is 4.33. The molecule has 0 aromatic heterocycles. The maximum Gasteiger partial charge on any atom is 0.123 e. The molecule has 4 nitrogen and oxygen atoms in total. The maximum absolute atomic E-state index is 13.4. The number of hydrogen-bond acceptors (Lipinski definition) is 4. The molecule has 0 radical (unpaired) electrons. The molecule has 3 rings (SSSR count). The zero-order valence-corrected chi connectivity index (χ0v) is 14.0. The van der Waals surface area contributed by atoms with Gasteiger partial charge in [0.2, 0.25) is 0 Å². The molecule has 1 fully saturated rings. The first-order valence-electron chi connectivity index (χ1n) is 8.41. The van der Waals surface area contributed by atoms with Gasteiger partial charge in [0.25, 0.3) is 0 Å². The van der Waals surface area contributed by atoms with Crippen molar-refractivity contribution >= 4 is 0 Å². The van der Waals surface area contributed by atoms with E-state index in [-0.39, 0.29) is 23.1 Å². The Kier molecular flexibility index (Phi) is 5.50. The molecule has 6 heteroatoms. The van der Waals surface area contributed by atoms with Crippen molar-refractivity contribution in [1.29, 1.82) is 0 Å². The van der Waals surface area contributed by atoms with Crippen molar-refractivity contribution in [3.63, 3.8) is 0 Å². The van der Waals surface area contributed by atoms with Crippen LogP contribution in [-0.4, -0.2) is 46.2 Å².